The van der Waals surface area contributed by atoms with Crippen molar-refractivity contribution in [2.24, 2.45) is 5.73 Å². The first kappa shape index (κ1) is 13.8. The number of para-hydroxylation sites is 1. The predicted molar refractivity (Wildman–Crippen MR) is 84.0 cm³/mol. The number of benzene rings is 1. The number of amides is 2. The average molecular weight is 300 g/mol. The molecule has 0 fully saturated rings. The number of primary amides is 1. The Morgan fingerprint density at radius 2 is 1.90 bits per heavy atom. The highest BCUT2D eigenvalue weighted by molar-refractivity contribution is 7.16. The lowest BCUT2D eigenvalue weighted by molar-refractivity contribution is 0.0985. The summed E-state index contributed by atoms with van der Waals surface area (Å²) in [5.74, 6) is -0.103. The van der Waals surface area contributed by atoms with E-state index >= 15 is 0 Å². The molecule has 5 heteroatoms. The molecule has 0 saturated carbocycles. The summed E-state index contributed by atoms with van der Waals surface area (Å²) in [6.45, 7) is 2.87. The molecule has 21 heavy (non-hydrogen) atoms. The minimum absolute atomic E-state index is 0.0631. The molecular formula is C16H16N2O2S. The van der Waals surface area contributed by atoms with E-state index in [1.54, 1.807) is 17.0 Å². The third kappa shape index (κ3) is 2.45. The van der Waals surface area contributed by atoms with Crippen molar-refractivity contribution in [3.63, 3.8) is 0 Å². The minimum Gasteiger partial charge on any atom is -0.365 e. The van der Waals surface area contributed by atoms with Gasteiger partial charge in [0.1, 0.15) is 0 Å². The second-order valence-corrected chi connectivity index (χ2v) is 6.32. The minimum atomic E-state index is -0.494. The van der Waals surface area contributed by atoms with Crippen molar-refractivity contribution in [2.75, 3.05) is 11.4 Å². The molecule has 0 saturated heterocycles. The van der Waals surface area contributed by atoms with Crippen LogP contribution < -0.4 is 10.6 Å². The molecule has 1 aliphatic rings. The summed E-state index contributed by atoms with van der Waals surface area (Å²) >= 11 is 1.15. The first-order chi connectivity index (χ1) is 10.1. The topological polar surface area (TPSA) is 63.4 Å². The molecule has 0 spiro atoms. The van der Waals surface area contributed by atoms with Gasteiger partial charge in [-0.25, -0.2) is 0 Å². The van der Waals surface area contributed by atoms with Gasteiger partial charge in [0, 0.05) is 12.2 Å². The first-order valence-electron chi connectivity index (χ1n) is 6.88. The smallest absolute Gasteiger partial charge is 0.268 e. The van der Waals surface area contributed by atoms with E-state index in [1.807, 2.05) is 18.2 Å². The molecule has 2 N–H and O–H groups in total. The van der Waals surface area contributed by atoms with Crippen molar-refractivity contribution in [1.82, 2.24) is 0 Å². The van der Waals surface area contributed by atoms with Crippen molar-refractivity contribution in [1.29, 1.82) is 0 Å². The van der Waals surface area contributed by atoms with Crippen LogP contribution >= 0.6 is 11.3 Å². The van der Waals surface area contributed by atoms with Crippen LogP contribution in [-0.4, -0.2) is 18.4 Å². The Morgan fingerprint density at radius 1 is 1.19 bits per heavy atom. The SMILES string of the molecule is C[C@@H]1CCN(C(=O)c2ccc(C(N)=O)s2)c2ccccc21. The van der Waals surface area contributed by atoms with Crippen LogP contribution in [0.25, 0.3) is 0 Å². The van der Waals surface area contributed by atoms with Crippen molar-refractivity contribution in [3.8, 4) is 0 Å². The lowest BCUT2D eigenvalue weighted by Gasteiger charge is -2.32. The molecule has 2 amide bonds. The van der Waals surface area contributed by atoms with Gasteiger partial charge in [0.25, 0.3) is 11.8 Å². The Kier molecular flexibility index (Phi) is 3.51. The van der Waals surface area contributed by atoms with Gasteiger partial charge < -0.3 is 10.6 Å². The maximum absolute atomic E-state index is 12.7. The molecule has 2 aromatic rings. The quantitative estimate of drug-likeness (QED) is 0.926. The van der Waals surface area contributed by atoms with Gasteiger partial charge in [-0.05, 0) is 36.1 Å². The van der Waals surface area contributed by atoms with Crippen LogP contribution in [-0.2, 0) is 0 Å². The average Bonchev–Trinajstić information content (AvgIpc) is 2.97. The van der Waals surface area contributed by atoms with E-state index in [1.165, 1.54) is 5.56 Å². The summed E-state index contributed by atoms with van der Waals surface area (Å²) in [4.78, 5) is 26.6. The number of rotatable bonds is 2. The van der Waals surface area contributed by atoms with E-state index in [4.69, 9.17) is 5.73 Å². The molecular weight excluding hydrogens is 284 g/mol. The standard InChI is InChI=1S/C16H16N2O2S/c1-10-8-9-18(12-5-3-2-4-11(10)12)16(20)14-7-6-13(21-14)15(17)19/h2-7,10H,8-9H2,1H3,(H2,17,19)/t10-/m1/s1. The zero-order valence-electron chi connectivity index (χ0n) is 11.7. The van der Waals surface area contributed by atoms with Crippen LogP contribution in [0, 0.1) is 0 Å². The predicted octanol–water partition coefficient (Wildman–Crippen LogP) is 3.00. The molecule has 1 aliphatic heterocycles. The summed E-state index contributed by atoms with van der Waals surface area (Å²) in [7, 11) is 0. The Labute approximate surface area is 127 Å². The van der Waals surface area contributed by atoms with Gasteiger partial charge in [-0.1, -0.05) is 25.1 Å². The Morgan fingerprint density at radius 3 is 2.62 bits per heavy atom. The summed E-state index contributed by atoms with van der Waals surface area (Å²) in [6, 6.07) is 11.3. The molecule has 1 aromatic heterocycles. The Balaban J connectivity index is 1.95. The monoisotopic (exact) mass is 300 g/mol. The fourth-order valence-corrected chi connectivity index (χ4v) is 3.49. The van der Waals surface area contributed by atoms with Gasteiger partial charge >= 0.3 is 0 Å². The van der Waals surface area contributed by atoms with Crippen LogP contribution in [0.5, 0.6) is 0 Å². The Hall–Kier alpha value is -2.14. The van der Waals surface area contributed by atoms with E-state index in [0.717, 1.165) is 23.4 Å². The van der Waals surface area contributed by atoms with Gasteiger partial charge in [0.05, 0.1) is 9.75 Å². The normalized spacial score (nSPS) is 17.4. The number of anilines is 1. The van der Waals surface area contributed by atoms with Gasteiger partial charge in [-0.15, -0.1) is 11.3 Å². The second-order valence-electron chi connectivity index (χ2n) is 5.23. The first-order valence-corrected chi connectivity index (χ1v) is 7.70. The zero-order chi connectivity index (χ0) is 15.0. The highest BCUT2D eigenvalue weighted by Crippen LogP contribution is 2.36. The van der Waals surface area contributed by atoms with Crippen LogP contribution in [0.2, 0.25) is 0 Å². The molecule has 2 heterocycles. The number of fused-ring (bicyclic) bond motifs is 1. The van der Waals surface area contributed by atoms with E-state index in [2.05, 4.69) is 13.0 Å². The van der Waals surface area contributed by atoms with Crippen LogP contribution in [0.15, 0.2) is 36.4 Å². The maximum atomic E-state index is 12.7. The number of nitrogens with two attached hydrogens (primary N) is 1. The molecule has 1 atom stereocenters. The largest absolute Gasteiger partial charge is 0.365 e. The zero-order valence-corrected chi connectivity index (χ0v) is 12.5. The summed E-state index contributed by atoms with van der Waals surface area (Å²) in [5.41, 5.74) is 7.41. The third-order valence-corrected chi connectivity index (χ3v) is 4.94. The van der Waals surface area contributed by atoms with E-state index in [-0.39, 0.29) is 5.91 Å². The highest BCUT2D eigenvalue weighted by Gasteiger charge is 2.27. The van der Waals surface area contributed by atoms with Crippen LogP contribution in [0.4, 0.5) is 5.69 Å². The van der Waals surface area contributed by atoms with Crippen molar-refractivity contribution in [2.45, 2.75) is 19.3 Å². The fraction of sp³-hybridized carbons (Fsp3) is 0.250. The molecule has 0 unspecified atom stereocenters. The van der Waals surface area contributed by atoms with Gasteiger partial charge in [0.15, 0.2) is 0 Å². The number of nitrogens with zero attached hydrogens (tertiary/aromatic N) is 1. The van der Waals surface area contributed by atoms with Gasteiger partial charge in [-0.2, -0.15) is 0 Å². The number of hydrogen-bond acceptors (Lipinski definition) is 3. The van der Waals surface area contributed by atoms with Gasteiger partial charge in [0.2, 0.25) is 0 Å². The Bertz CT molecular complexity index is 708. The van der Waals surface area contributed by atoms with E-state index < -0.39 is 5.91 Å². The summed E-state index contributed by atoms with van der Waals surface area (Å²) < 4.78 is 0. The van der Waals surface area contributed by atoms with Crippen molar-refractivity contribution >= 4 is 28.8 Å². The van der Waals surface area contributed by atoms with Crippen molar-refractivity contribution in [3.05, 3.63) is 51.7 Å². The molecule has 3 rings (SSSR count). The number of carbonyl (C=O) groups is 2. The molecule has 108 valence electrons. The number of hydrogen-bond donors (Lipinski definition) is 1. The third-order valence-electron chi connectivity index (χ3n) is 3.85. The number of carbonyl (C=O) groups excluding carboxylic acids is 2. The van der Waals surface area contributed by atoms with Crippen LogP contribution in [0.3, 0.4) is 0 Å². The highest BCUT2D eigenvalue weighted by atomic mass is 32.1. The lowest BCUT2D eigenvalue weighted by Crippen LogP contribution is -2.35. The molecule has 0 bridgehead atoms. The fourth-order valence-electron chi connectivity index (χ4n) is 2.68. The van der Waals surface area contributed by atoms with E-state index in [9.17, 15) is 9.59 Å². The molecule has 1 aromatic carbocycles. The molecule has 0 radical (unpaired) electrons. The van der Waals surface area contributed by atoms with Crippen molar-refractivity contribution < 1.29 is 9.59 Å². The van der Waals surface area contributed by atoms with E-state index in [0.29, 0.717) is 22.2 Å². The molecule has 4 nitrogen and oxygen atoms in total. The maximum Gasteiger partial charge on any atom is 0.268 e. The lowest BCUT2D eigenvalue weighted by atomic mass is 9.91. The summed E-state index contributed by atoms with van der Waals surface area (Å²) in [5, 5.41) is 0. The summed E-state index contributed by atoms with van der Waals surface area (Å²) in [6.07, 6.45) is 0.941. The second kappa shape index (κ2) is 5.33. The molecule has 0 aliphatic carbocycles. The van der Waals surface area contributed by atoms with Gasteiger partial charge in [-0.3, -0.25) is 9.59 Å². The van der Waals surface area contributed by atoms with Crippen LogP contribution in [0.1, 0.15) is 44.2 Å². The number of thiophene rings is 1.